The summed E-state index contributed by atoms with van der Waals surface area (Å²) >= 11 is 0. The molecule has 1 unspecified atom stereocenters. The van der Waals surface area contributed by atoms with Crippen LogP contribution in [0.5, 0.6) is 0 Å². The fourth-order valence-corrected chi connectivity index (χ4v) is 2.85. The SMILES string of the molecule is CCC(C)(C)C(=O)N1CCC(N2CCNCC2)C1. The van der Waals surface area contributed by atoms with E-state index in [9.17, 15) is 4.79 Å². The molecule has 1 N–H and O–H groups in total. The topological polar surface area (TPSA) is 35.6 Å². The van der Waals surface area contributed by atoms with Crippen molar-refractivity contribution in [3.63, 3.8) is 0 Å². The first-order valence-electron chi connectivity index (χ1n) is 7.29. The van der Waals surface area contributed by atoms with Crippen molar-refractivity contribution in [3.05, 3.63) is 0 Å². The van der Waals surface area contributed by atoms with Gasteiger partial charge in [0, 0.05) is 50.7 Å². The fourth-order valence-electron chi connectivity index (χ4n) is 2.85. The lowest BCUT2D eigenvalue weighted by molar-refractivity contribution is -0.139. The van der Waals surface area contributed by atoms with E-state index in [-0.39, 0.29) is 5.41 Å². The standard InChI is InChI=1S/C14H27N3O/c1-4-14(2,3)13(18)17-8-5-12(11-17)16-9-6-15-7-10-16/h12,15H,4-11H2,1-3H3. The van der Waals surface area contributed by atoms with E-state index in [1.54, 1.807) is 0 Å². The number of hydrogen-bond acceptors (Lipinski definition) is 3. The molecule has 104 valence electrons. The van der Waals surface area contributed by atoms with E-state index in [4.69, 9.17) is 0 Å². The maximum absolute atomic E-state index is 12.4. The predicted molar refractivity (Wildman–Crippen MR) is 73.5 cm³/mol. The highest BCUT2D eigenvalue weighted by atomic mass is 16.2. The van der Waals surface area contributed by atoms with Crippen LogP contribution in [0.1, 0.15) is 33.6 Å². The Labute approximate surface area is 111 Å². The van der Waals surface area contributed by atoms with Crippen LogP contribution >= 0.6 is 0 Å². The van der Waals surface area contributed by atoms with Gasteiger partial charge in [-0.05, 0) is 12.8 Å². The molecule has 18 heavy (non-hydrogen) atoms. The molecule has 1 amide bonds. The number of likely N-dealkylation sites (tertiary alicyclic amines) is 1. The van der Waals surface area contributed by atoms with E-state index in [0.29, 0.717) is 11.9 Å². The monoisotopic (exact) mass is 253 g/mol. The third-order valence-electron chi connectivity index (χ3n) is 4.58. The lowest BCUT2D eigenvalue weighted by Gasteiger charge is -2.33. The summed E-state index contributed by atoms with van der Waals surface area (Å²) in [5.41, 5.74) is -0.196. The molecule has 2 aliphatic rings. The number of rotatable bonds is 3. The van der Waals surface area contributed by atoms with Gasteiger partial charge < -0.3 is 10.2 Å². The molecule has 0 saturated carbocycles. The smallest absolute Gasteiger partial charge is 0.228 e. The van der Waals surface area contributed by atoms with Gasteiger partial charge in [-0.1, -0.05) is 20.8 Å². The van der Waals surface area contributed by atoms with Crippen molar-refractivity contribution in [3.8, 4) is 0 Å². The molecular formula is C14H27N3O. The van der Waals surface area contributed by atoms with Gasteiger partial charge in [0.15, 0.2) is 0 Å². The molecule has 0 bridgehead atoms. The summed E-state index contributed by atoms with van der Waals surface area (Å²) in [6, 6.07) is 0.587. The minimum Gasteiger partial charge on any atom is -0.341 e. The molecule has 1 atom stereocenters. The predicted octanol–water partition coefficient (Wildman–Crippen LogP) is 0.929. The van der Waals surface area contributed by atoms with Crippen molar-refractivity contribution in [2.75, 3.05) is 39.3 Å². The Balaban J connectivity index is 1.89. The quantitative estimate of drug-likeness (QED) is 0.813. The summed E-state index contributed by atoms with van der Waals surface area (Å²) in [6.07, 6.45) is 2.06. The first-order valence-corrected chi connectivity index (χ1v) is 7.29. The minimum absolute atomic E-state index is 0.196. The number of piperazine rings is 1. The minimum atomic E-state index is -0.196. The van der Waals surface area contributed by atoms with Crippen LogP contribution in [0.15, 0.2) is 0 Å². The number of amides is 1. The maximum Gasteiger partial charge on any atom is 0.228 e. The number of nitrogens with zero attached hydrogens (tertiary/aromatic N) is 2. The fraction of sp³-hybridized carbons (Fsp3) is 0.929. The molecule has 0 aromatic heterocycles. The van der Waals surface area contributed by atoms with Gasteiger partial charge in [0.1, 0.15) is 0 Å². The van der Waals surface area contributed by atoms with Crippen LogP contribution < -0.4 is 5.32 Å². The largest absolute Gasteiger partial charge is 0.341 e. The third kappa shape index (κ3) is 2.86. The summed E-state index contributed by atoms with van der Waals surface area (Å²) in [7, 11) is 0. The van der Waals surface area contributed by atoms with Crippen molar-refractivity contribution in [2.24, 2.45) is 5.41 Å². The zero-order valence-electron chi connectivity index (χ0n) is 12.0. The van der Waals surface area contributed by atoms with Gasteiger partial charge in [-0.15, -0.1) is 0 Å². The van der Waals surface area contributed by atoms with Crippen molar-refractivity contribution in [1.29, 1.82) is 0 Å². The lowest BCUT2D eigenvalue weighted by atomic mass is 9.88. The molecule has 0 aliphatic carbocycles. The van der Waals surface area contributed by atoms with Gasteiger partial charge in [0.25, 0.3) is 0 Å². The summed E-state index contributed by atoms with van der Waals surface area (Å²) < 4.78 is 0. The third-order valence-corrected chi connectivity index (χ3v) is 4.58. The molecule has 2 heterocycles. The van der Waals surface area contributed by atoms with Gasteiger partial charge in [0.2, 0.25) is 5.91 Å². The van der Waals surface area contributed by atoms with Crippen LogP contribution in [0, 0.1) is 5.41 Å². The number of hydrogen-bond donors (Lipinski definition) is 1. The van der Waals surface area contributed by atoms with Crippen molar-refractivity contribution < 1.29 is 4.79 Å². The van der Waals surface area contributed by atoms with Crippen molar-refractivity contribution >= 4 is 5.91 Å². The molecule has 2 rings (SSSR count). The van der Waals surface area contributed by atoms with Crippen LogP contribution in [0.2, 0.25) is 0 Å². The summed E-state index contributed by atoms with van der Waals surface area (Å²) in [5.74, 6) is 0.336. The number of nitrogens with one attached hydrogen (secondary N) is 1. The van der Waals surface area contributed by atoms with Gasteiger partial charge in [-0.3, -0.25) is 9.69 Å². The molecule has 0 spiro atoms. The summed E-state index contributed by atoms with van der Waals surface area (Å²) in [6.45, 7) is 12.5. The Morgan fingerprint density at radius 3 is 2.56 bits per heavy atom. The van der Waals surface area contributed by atoms with E-state index in [2.05, 4.69) is 35.9 Å². The first-order chi connectivity index (χ1) is 8.54. The average Bonchev–Trinajstić information content (AvgIpc) is 2.88. The van der Waals surface area contributed by atoms with E-state index in [1.165, 1.54) is 0 Å². The Morgan fingerprint density at radius 1 is 1.28 bits per heavy atom. The molecule has 0 aromatic carbocycles. The van der Waals surface area contributed by atoms with Crippen LogP contribution in [0.25, 0.3) is 0 Å². The highest BCUT2D eigenvalue weighted by molar-refractivity contribution is 5.82. The van der Waals surface area contributed by atoms with Gasteiger partial charge in [-0.25, -0.2) is 0 Å². The molecular weight excluding hydrogens is 226 g/mol. The van der Waals surface area contributed by atoms with Gasteiger partial charge >= 0.3 is 0 Å². The normalized spacial score (nSPS) is 26.6. The van der Waals surface area contributed by atoms with Gasteiger partial charge in [-0.2, -0.15) is 0 Å². The Morgan fingerprint density at radius 2 is 1.94 bits per heavy atom. The van der Waals surface area contributed by atoms with Crippen LogP contribution in [0.4, 0.5) is 0 Å². The molecule has 2 aliphatic heterocycles. The Hall–Kier alpha value is -0.610. The highest BCUT2D eigenvalue weighted by Gasteiger charge is 2.36. The second kappa shape index (κ2) is 5.57. The zero-order chi connectivity index (χ0) is 13.2. The second-order valence-electron chi connectivity index (χ2n) is 6.22. The van der Waals surface area contributed by atoms with Crippen LogP contribution in [-0.2, 0) is 4.79 Å². The second-order valence-corrected chi connectivity index (χ2v) is 6.22. The van der Waals surface area contributed by atoms with Crippen molar-refractivity contribution in [1.82, 2.24) is 15.1 Å². The van der Waals surface area contributed by atoms with Crippen LogP contribution in [-0.4, -0.2) is 61.0 Å². The van der Waals surface area contributed by atoms with Crippen molar-refractivity contribution in [2.45, 2.75) is 39.7 Å². The zero-order valence-corrected chi connectivity index (χ0v) is 12.0. The maximum atomic E-state index is 12.4. The summed E-state index contributed by atoms with van der Waals surface area (Å²) in [4.78, 5) is 17.0. The van der Waals surface area contributed by atoms with E-state index in [0.717, 1.165) is 52.1 Å². The molecule has 4 heteroatoms. The Bertz CT molecular complexity index is 297. The van der Waals surface area contributed by atoms with E-state index >= 15 is 0 Å². The molecule has 2 saturated heterocycles. The molecule has 2 fully saturated rings. The first kappa shape index (κ1) is 13.8. The van der Waals surface area contributed by atoms with E-state index < -0.39 is 0 Å². The molecule has 4 nitrogen and oxygen atoms in total. The van der Waals surface area contributed by atoms with Crippen LogP contribution in [0.3, 0.4) is 0 Å². The van der Waals surface area contributed by atoms with Gasteiger partial charge in [0.05, 0.1) is 0 Å². The average molecular weight is 253 g/mol. The highest BCUT2D eigenvalue weighted by Crippen LogP contribution is 2.26. The number of carbonyl (C=O) groups excluding carboxylic acids is 1. The Kier molecular flexibility index (Phi) is 4.28. The lowest BCUT2D eigenvalue weighted by Crippen LogP contribution is -2.50. The van der Waals surface area contributed by atoms with E-state index in [1.807, 2.05) is 0 Å². The molecule has 0 aromatic rings. The number of carbonyl (C=O) groups is 1. The summed E-state index contributed by atoms with van der Waals surface area (Å²) in [5, 5.41) is 3.38. The molecule has 0 radical (unpaired) electrons.